The van der Waals surface area contributed by atoms with Gasteiger partial charge < -0.3 is 10.6 Å². The highest BCUT2D eigenvalue weighted by Gasteiger charge is 2.12. The predicted molar refractivity (Wildman–Crippen MR) is 118 cm³/mol. The Bertz CT molecular complexity index is 1130. The Labute approximate surface area is 172 Å². The largest absolute Gasteiger partial charge is 0.364 e. The van der Waals surface area contributed by atoms with Crippen LogP contribution in [-0.4, -0.2) is 15.0 Å². The minimum atomic E-state index is 0.640. The summed E-state index contributed by atoms with van der Waals surface area (Å²) in [5, 5.41) is 8.39. The Morgan fingerprint density at radius 3 is 2.54 bits per heavy atom. The Hall–Kier alpha value is -2.70. The van der Waals surface area contributed by atoms with Crippen LogP contribution in [-0.2, 0) is 6.54 Å². The molecule has 0 aliphatic carbocycles. The van der Waals surface area contributed by atoms with Gasteiger partial charge in [0.2, 0.25) is 0 Å². The molecule has 0 bridgehead atoms. The number of benzene rings is 2. The van der Waals surface area contributed by atoms with E-state index in [4.69, 9.17) is 16.6 Å². The van der Waals surface area contributed by atoms with Crippen LogP contribution in [0.15, 0.2) is 42.7 Å². The molecule has 4 rings (SSSR count). The second-order valence-electron chi connectivity index (χ2n) is 6.72. The van der Waals surface area contributed by atoms with Crippen molar-refractivity contribution in [3.8, 4) is 0 Å². The summed E-state index contributed by atoms with van der Waals surface area (Å²) in [4.78, 5) is 14.3. The van der Waals surface area contributed by atoms with Crippen LogP contribution < -0.4 is 10.6 Å². The smallest absolute Gasteiger partial charge is 0.189 e. The van der Waals surface area contributed by atoms with Gasteiger partial charge in [0.25, 0.3) is 0 Å². The molecule has 0 aliphatic heterocycles. The van der Waals surface area contributed by atoms with E-state index in [1.54, 1.807) is 6.33 Å². The van der Waals surface area contributed by atoms with Crippen molar-refractivity contribution in [2.75, 3.05) is 10.6 Å². The normalized spacial score (nSPS) is 11.0. The fraction of sp³-hybridized carbons (Fsp3) is 0.190. The maximum Gasteiger partial charge on any atom is 0.189 e. The lowest BCUT2D eigenvalue weighted by molar-refractivity contribution is 1.09. The first-order valence-corrected chi connectivity index (χ1v) is 10.1. The molecule has 0 fully saturated rings. The lowest BCUT2D eigenvalue weighted by Crippen LogP contribution is -2.03. The van der Waals surface area contributed by atoms with Crippen LogP contribution in [0.25, 0.3) is 10.3 Å². The monoisotopic (exact) mass is 409 g/mol. The number of para-hydroxylation sites is 1. The molecule has 28 heavy (non-hydrogen) atoms. The molecule has 0 radical (unpaired) electrons. The Morgan fingerprint density at radius 2 is 1.79 bits per heavy atom. The minimum absolute atomic E-state index is 0.640. The van der Waals surface area contributed by atoms with Crippen LogP contribution in [0, 0.1) is 20.8 Å². The highest BCUT2D eigenvalue weighted by molar-refractivity contribution is 7.21. The van der Waals surface area contributed by atoms with Crippen LogP contribution in [0.1, 0.15) is 22.3 Å². The molecular formula is C21H20ClN5S. The molecule has 0 unspecified atom stereocenters. The molecule has 0 atom stereocenters. The Kier molecular flexibility index (Phi) is 5.15. The number of hydrogen-bond donors (Lipinski definition) is 2. The third-order valence-corrected chi connectivity index (χ3v) is 5.89. The van der Waals surface area contributed by atoms with Crippen LogP contribution >= 0.6 is 22.9 Å². The summed E-state index contributed by atoms with van der Waals surface area (Å²) in [6.45, 7) is 6.81. The maximum absolute atomic E-state index is 6.11. The van der Waals surface area contributed by atoms with E-state index in [0.29, 0.717) is 6.54 Å². The van der Waals surface area contributed by atoms with Crippen molar-refractivity contribution in [3.05, 3.63) is 70.0 Å². The summed E-state index contributed by atoms with van der Waals surface area (Å²) in [6.07, 6.45) is 1.57. The summed E-state index contributed by atoms with van der Waals surface area (Å²) < 4.78 is 0. The van der Waals surface area contributed by atoms with Crippen molar-refractivity contribution in [1.82, 2.24) is 15.0 Å². The molecule has 0 saturated carbocycles. The zero-order valence-electron chi connectivity index (χ0n) is 15.9. The van der Waals surface area contributed by atoms with Crippen molar-refractivity contribution in [1.29, 1.82) is 0 Å². The van der Waals surface area contributed by atoms with Gasteiger partial charge >= 0.3 is 0 Å². The van der Waals surface area contributed by atoms with E-state index in [2.05, 4.69) is 58.7 Å². The SMILES string of the molecule is Cc1cc(CNc2ncnc3sc(Nc4c(C)cccc4C)nc23)ccc1Cl. The average Bonchev–Trinajstić information content (AvgIpc) is 3.09. The number of fused-ring (bicyclic) bond motifs is 1. The van der Waals surface area contributed by atoms with E-state index >= 15 is 0 Å². The minimum Gasteiger partial charge on any atom is -0.364 e. The number of nitrogens with one attached hydrogen (secondary N) is 2. The summed E-state index contributed by atoms with van der Waals surface area (Å²) in [5.41, 5.74) is 6.41. The molecule has 0 saturated heterocycles. The molecule has 0 amide bonds. The Morgan fingerprint density at radius 1 is 1.00 bits per heavy atom. The summed E-state index contributed by atoms with van der Waals surface area (Å²) in [7, 11) is 0. The van der Waals surface area contributed by atoms with Crippen LogP contribution in [0.5, 0.6) is 0 Å². The highest BCUT2D eigenvalue weighted by Crippen LogP contribution is 2.32. The molecule has 0 spiro atoms. The number of halogens is 1. The molecular weight excluding hydrogens is 390 g/mol. The van der Waals surface area contributed by atoms with E-state index < -0.39 is 0 Å². The molecule has 2 heterocycles. The number of hydrogen-bond acceptors (Lipinski definition) is 6. The second kappa shape index (κ2) is 7.73. The summed E-state index contributed by atoms with van der Waals surface area (Å²) in [6, 6.07) is 12.2. The predicted octanol–water partition coefficient (Wildman–Crippen LogP) is 6.02. The molecule has 4 aromatic rings. The van der Waals surface area contributed by atoms with E-state index in [1.807, 2.05) is 19.1 Å². The van der Waals surface area contributed by atoms with E-state index in [9.17, 15) is 0 Å². The quantitative estimate of drug-likeness (QED) is 0.422. The number of aromatic nitrogens is 3. The third-order valence-electron chi connectivity index (χ3n) is 4.59. The first kappa shape index (κ1) is 18.7. The first-order chi connectivity index (χ1) is 13.5. The fourth-order valence-electron chi connectivity index (χ4n) is 3.06. The molecule has 7 heteroatoms. The third kappa shape index (κ3) is 3.79. The maximum atomic E-state index is 6.11. The molecule has 2 aromatic carbocycles. The lowest BCUT2D eigenvalue weighted by Gasteiger charge is -2.09. The molecule has 5 nitrogen and oxygen atoms in total. The van der Waals surface area contributed by atoms with Crippen LogP contribution in [0.2, 0.25) is 5.02 Å². The van der Waals surface area contributed by atoms with Gasteiger partial charge in [-0.2, -0.15) is 0 Å². The summed E-state index contributed by atoms with van der Waals surface area (Å²) >= 11 is 7.63. The van der Waals surface area contributed by atoms with Gasteiger partial charge in [-0.15, -0.1) is 0 Å². The standard InChI is InChI=1S/C21H20ClN5S/c1-12-5-4-6-13(2)17(12)26-21-27-18-19(24-11-25-20(18)28-21)23-10-15-7-8-16(22)14(3)9-15/h4-9,11H,10H2,1-3H3,(H,26,27)(H,23,24,25). The van der Waals surface area contributed by atoms with Gasteiger partial charge in [-0.25, -0.2) is 15.0 Å². The van der Waals surface area contributed by atoms with Gasteiger partial charge in [0.1, 0.15) is 11.8 Å². The van der Waals surface area contributed by atoms with E-state index in [1.165, 1.54) is 22.5 Å². The number of anilines is 3. The van der Waals surface area contributed by atoms with Crippen LogP contribution in [0.4, 0.5) is 16.6 Å². The molecule has 2 N–H and O–H groups in total. The number of nitrogens with zero attached hydrogens (tertiary/aromatic N) is 3. The number of thiazole rings is 1. The number of aryl methyl sites for hydroxylation is 3. The highest BCUT2D eigenvalue weighted by atomic mass is 35.5. The van der Waals surface area contributed by atoms with Crippen molar-refractivity contribution >= 4 is 49.9 Å². The van der Waals surface area contributed by atoms with Crippen molar-refractivity contribution in [2.24, 2.45) is 0 Å². The fourth-order valence-corrected chi connectivity index (χ4v) is 3.99. The van der Waals surface area contributed by atoms with E-state index in [-0.39, 0.29) is 0 Å². The lowest BCUT2D eigenvalue weighted by atomic mass is 10.1. The number of rotatable bonds is 5. The van der Waals surface area contributed by atoms with Gasteiger partial charge in [0, 0.05) is 17.3 Å². The first-order valence-electron chi connectivity index (χ1n) is 8.95. The van der Waals surface area contributed by atoms with Crippen LogP contribution in [0.3, 0.4) is 0 Å². The van der Waals surface area contributed by atoms with Gasteiger partial charge in [-0.1, -0.05) is 53.3 Å². The van der Waals surface area contributed by atoms with Crippen molar-refractivity contribution in [2.45, 2.75) is 27.3 Å². The van der Waals surface area contributed by atoms with Gasteiger partial charge in [0.05, 0.1) is 0 Å². The molecule has 142 valence electrons. The average molecular weight is 410 g/mol. The topological polar surface area (TPSA) is 62.7 Å². The van der Waals surface area contributed by atoms with Crippen molar-refractivity contribution < 1.29 is 0 Å². The van der Waals surface area contributed by atoms with E-state index in [0.717, 1.165) is 43.1 Å². The van der Waals surface area contributed by atoms with Crippen molar-refractivity contribution in [3.63, 3.8) is 0 Å². The Balaban J connectivity index is 1.59. The zero-order valence-corrected chi connectivity index (χ0v) is 17.4. The van der Waals surface area contributed by atoms with Gasteiger partial charge in [0.15, 0.2) is 15.8 Å². The second-order valence-corrected chi connectivity index (χ2v) is 8.11. The van der Waals surface area contributed by atoms with Gasteiger partial charge in [-0.05, 0) is 49.1 Å². The van der Waals surface area contributed by atoms with Gasteiger partial charge in [-0.3, -0.25) is 0 Å². The molecule has 2 aromatic heterocycles. The molecule has 0 aliphatic rings. The summed E-state index contributed by atoms with van der Waals surface area (Å²) in [5.74, 6) is 0.725. The zero-order chi connectivity index (χ0) is 19.7.